The van der Waals surface area contributed by atoms with Gasteiger partial charge >= 0.3 is 6.18 Å². The Morgan fingerprint density at radius 2 is 1.68 bits per heavy atom. The number of fused-ring (bicyclic) bond motifs is 1. The molecule has 0 aliphatic carbocycles. The Labute approximate surface area is 175 Å². The molecule has 4 aromatic rings. The van der Waals surface area contributed by atoms with Gasteiger partial charge in [0.2, 0.25) is 0 Å². The van der Waals surface area contributed by atoms with Crippen LogP contribution < -0.4 is 11.3 Å². The summed E-state index contributed by atoms with van der Waals surface area (Å²) < 4.78 is 39.8. The second-order valence-electron chi connectivity index (χ2n) is 7.14. The number of nitrogens with zero attached hydrogens (tertiary/aromatic N) is 2. The smallest absolute Gasteiger partial charge is 0.399 e. The van der Waals surface area contributed by atoms with Gasteiger partial charge in [0.25, 0.3) is 5.56 Å². The lowest BCUT2D eigenvalue weighted by molar-refractivity contribution is -0.206. The van der Waals surface area contributed by atoms with Gasteiger partial charge in [-0.2, -0.15) is 13.2 Å². The molecule has 3 aromatic carbocycles. The fourth-order valence-corrected chi connectivity index (χ4v) is 3.41. The number of benzene rings is 3. The highest BCUT2D eigenvalue weighted by atomic mass is 19.4. The van der Waals surface area contributed by atoms with Crippen molar-refractivity contribution < 1.29 is 18.3 Å². The van der Waals surface area contributed by atoms with E-state index < -0.39 is 12.3 Å². The molecule has 1 atom stereocenters. The van der Waals surface area contributed by atoms with E-state index in [4.69, 9.17) is 5.73 Å². The van der Waals surface area contributed by atoms with Gasteiger partial charge in [-0.3, -0.25) is 9.36 Å². The van der Waals surface area contributed by atoms with Crippen LogP contribution in [0.3, 0.4) is 0 Å². The predicted octanol–water partition coefficient (Wildman–Crippen LogP) is 4.15. The van der Waals surface area contributed by atoms with Crippen molar-refractivity contribution in [2.75, 3.05) is 5.73 Å². The topological polar surface area (TPSA) is 81.1 Å². The molecule has 0 fully saturated rings. The first-order chi connectivity index (χ1) is 14.7. The first-order valence-electron chi connectivity index (χ1n) is 9.44. The summed E-state index contributed by atoms with van der Waals surface area (Å²) in [5.41, 5.74) is 7.27. The lowest BCUT2D eigenvalue weighted by atomic mass is 10.1. The normalized spacial score (nSPS) is 12.8. The van der Waals surface area contributed by atoms with E-state index in [1.165, 1.54) is 22.8 Å². The fraction of sp³-hybridized carbons (Fsp3) is 0.130. The van der Waals surface area contributed by atoms with Crippen molar-refractivity contribution in [3.63, 3.8) is 0 Å². The molecule has 0 saturated carbocycles. The van der Waals surface area contributed by atoms with Crippen LogP contribution >= 0.6 is 0 Å². The van der Waals surface area contributed by atoms with Gasteiger partial charge in [0.15, 0.2) is 6.10 Å². The molecule has 0 radical (unpaired) electrons. The van der Waals surface area contributed by atoms with Crippen molar-refractivity contribution in [1.29, 1.82) is 0 Å². The number of alkyl halides is 3. The zero-order chi connectivity index (χ0) is 22.2. The molecule has 1 heterocycles. The van der Waals surface area contributed by atoms with Crippen molar-refractivity contribution in [3.05, 3.63) is 100 Å². The zero-order valence-corrected chi connectivity index (χ0v) is 16.2. The molecule has 1 unspecified atom stereocenters. The number of aliphatic hydroxyl groups is 1. The Hall–Kier alpha value is -3.65. The number of nitrogens with two attached hydrogens (primary N) is 1. The standard InChI is InChI=1S/C23H18F3N3O2/c24-23(25,26)21(30)15-6-9-17(10-7-15)29-20(12-14-4-2-1-3-5-14)28-19-11-8-16(27)13-18(19)22(29)31/h1-11,13,21,30H,12,27H2. The maximum atomic E-state index is 13.3. The SMILES string of the molecule is Nc1ccc2nc(Cc3ccccc3)n(-c3ccc(C(O)C(F)(F)F)cc3)c(=O)c2c1. The lowest BCUT2D eigenvalue weighted by Crippen LogP contribution is -2.24. The van der Waals surface area contributed by atoms with Crippen LogP contribution in [0.15, 0.2) is 77.6 Å². The van der Waals surface area contributed by atoms with Gasteiger partial charge in [-0.15, -0.1) is 0 Å². The zero-order valence-electron chi connectivity index (χ0n) is 16.2. The third-order valence-corrected chi connectivity index (χ3v) is 4.94. The first-order valence-corrected chi connectivity index (χ1v) is 9.44. The van der Waals surface area contributed by atoms with E-state index in [0.29, 0.717) is 34.5 Å². The van der Waals surface area contributed by atoms with Crippen LogP contribution in [-0.2, 0) is 6.42 Å². The van der Waals surface area contributed by atoms with Crippen molar-refractivity contribution >= 4 is 16.6 Å². The van der Waals surface area contributed by atoms with Crippen LogP contribution in [-0.4, -0.2) is 20.8 Å². The number of aliphatic hydroxyl groups excluding tert-OH is 1. The Morgan fingerprint density at radius 3 is 2.32 bits per heavy atom. The summed E-state index contributed by atoms with van der Waals surface area (Å²) in [5, 5.41) is 9.78. The summed E-state index contributed by atoms with van der Waals surface area (Å²) in [7, 11) is 0. The summed E-state index contributed by atoms with van der Waals surface area (Å²) in [6, 6.07) is 19.3. The largest absolute Gasteiger partial charge is 0.418 e. The maximum absolute atomic E-state index is 13.3. The molecule has 31 heavy (non-hydrogen) atoms. The van der Waals surface area contributed by atoms with Gasteiger partial charge < -0.3 is 10.8 Å². The van der Waals surface area contributed by atoms with Gasteiger partial charge in [-0.1, -0.05) is 42.5 Å². The lowest BCUT2D eigenvalue weighted by Gasteiger charge is -2.17. The summed E-state index contributed by atoms with van der Waals surface area (Å²) in [6.45, 7) is 0. The predicted molar refractivity (Wildman–Crippen MR) is 112 cm³/mol. The highest BCUT2D eigenvalue weighted by Crippen LogP contribution is 2.32. The Kier molecular flexibility index (Phi) is 5.24. The quantitative estimate of drug-likeness (QED) is 0.481. The van der Waals surface area contributed by atoms with E-state index in [1.807, 2.05) is 30.3 Å². The number of hydrogen-bond donors (Lipinski definition) is 2. The van der Waals surface area contributed by atoms with Gasteiger partial charge in [0.05, 0.1) is 16.6 Å². The Morgan fingerprint density at radius 1 is 1.00 bits per heavy atom. The number of aromatic nitrogens is 2. The second-order valence-corrected chi connectivity index (χ2v) is 7.14. The molecule has 0 saturated heterocycles. The fourth-order valence-electron chi connectivity index (χ4n) is 3.41. The first kappa shape index (κ1) is 20.6. The molecule has 8 heteroatoms. The molecule has 1 aromatic heterocycles. The number of nitrogen functional groups attached to an aromatic ring is 1. The second kappa shape index (κ2) is 7.88. The van der Waals surface area contributed by atoms with Crippen LogP contribution in [0.5, 0.6) is 0 Å². The van der Waals surface area contributed by atoms with Crippen LogP contribution in [0.4, 0.5) is 18.9 Å². The minimum atomic E-state index is -4.78. The van der Waals surface area contributed by atoms with Gasteiger partial charge in [0, 0.05) is 12.1 Å². The molecule has 0 aliphatic heterocycles. The van der Waals surface area contributed by atoms with Crippen molar-refractivity contribution in [2.24, 2.45) is 0 Å². The van der Waals surface area contributed by atoms with E-state index >= 15 is 0 Å². The highest BCUT2D eigenvalue weighted by molar-refractivity contribution is 5.81. The van der Waals surface area contributed by atoms with Crippen LogP contribution in [0.25, 0.3) is 16.6 Å². The average Bonchev–Trinajstić information content (AvgIpc) is 2.74. The third-order valence-electron chi connectivity index (χ3n) is 4.94. The van der Waals surface area contributed by atoms with Gasteiger partial charge in [0.1, 0.15) is 5.82 Å². The van der Waals surface area contributed by atoms with Crippen LogP contribution in [0, 0.1) is 0 Å². The molecule has 0 spiro atoms. The molecule has 0 bridgehead atoms. The molecule has 0 aliphatic rings. The molecular weight excluding hydrogens is 407 g/mol. The summed E-state index contributed by atoms with van der Waals surface area (Å²) >= 11 is 0. The highest BCUT2D eigenvalue weighted by Gasteiger charge is 2.39. The maximum Gasteiger partial charge on any atom is 0.418 e. The average molecular weight is 425 g/mol. The molecule has 5 nitrogen and oxygen atoms in total. The van der Waals surface area contributed by atoms with Crippen LogP contribution in [0.1, 0.15) is 23.1 Å². The van der Waals surface area contributed by atoms with E-state index in [1.54, 1.807) is 12.1 Å². The summed E-state index contributed by atoms with van der Waals surface area (Å²) in [4.78, 5) is 17.9. The Balaban J connectivity index is 1.88. The minimum absolute atomic E-state index is 0.302. The van der Waals surface area contributed by atoms with Crippen molar-refractivity contribution in [3.8, 4) is 5.69 Å². The number of hydrogen-bond acceptors (Lipinski definition) is 4. The van der Waals surface area contributed by atoms with Crippen LogP contribution in [0.2, 0.25) is 0 Å². The Bertz CT molecular complexity index is 1280. The third kappa shape index (κ3) is 4.15. The van der Waals surface area contributed by atoms with E-state index in [9.17, 15) is 23.1 Å². The van der Waals surface area contributed by atoms with Crippen molar-refractivity contribution in [1.82, 2.24) is 9.55 Å². The minimum Gasteiger partial charge on any atom is -0.399 e. The summed E-state index contributed by atoms with van der Waals surface area (Å²) in [6.07, 6.45) is -7.04. The molecule has 0 amide bonds. The molecule has 158 valence electrons. The summed E-state index contributed by atoms with van der Waals surface area (Å²) in [5.74, 6) is 0.428. The molecular formula is C23H18F3N3O2. The van der Waals surface area contributed by atoms with E-state index in [0.717, 1.165) is 17.7 Å². The van der Waals surface area contributed by atoms with E-state index in [2.05, 4.69) is 4.98 Å². The number of rotatable bonds is 4. The molecule has 4 rings (SSSR count). The van der Waals surface area contributed by atoms with Crippen molar-refractivity contribution in [2.45, 2.75) is 18.7 Å². The van der Waals surface area contributed by atoms with E-state index in [-0.39, 0.29) is 11.1 Å². The van der Waals surface area contributed by atoms with Gasteiger partial charge in [-0.05, 0) is 41.5 Å². The monoisotopic (exact) mass is 425 g/mol. The van der Waals surface area contributed by atoms with Gasteiger partial charge in [-0.25, -0.2) is 4.98 Å². The number of anilines is 1. The number of halogens is 3. The molecule has 3 N–H and O–H groups in total.